The van der Waals surface area contributed by atoms with Gasteiger partial charge in [-0.05, 0) is 44.9 Å². The van der Waals surface area contributed by atoms with Crippen molar-refractivity contribution in [3.63, 3.8) is 0 Å². The van der Waals surface area contributed by atoms with E-state index in [0.717, 1.165) is 5.56 Å². The highest BCUT2D eigenvalue weighted by molar-refractivity contribution is 6.08. The van der Waals surface area contributed by atoms with Crippen molar-refractivity contribution < 1.29 is 24.2 Å². The molecule has 1 aromatic carbocycles. The fraction of sp³-hybridized carbons (Fsp3) is 0.400. The minimum absolute atomic E-state index is 0.0220. The molecule has 1 fully saturated rings. The van der Waals surface area contributed by atoms with Crippen LogP contribution in [0.4, 0.5) is 10.5 Å². The summed E-state index contributed by atoms with van der Waals surface area (Å²) in [7, 11) is 0. The Bertz CT molecular complexity index is 963. The number of hydrogen-bond acceptors (Lipinski definition) is 5. The van der Waals surface area contributed by atoms with Gasteiger partial charge in [0.05, 0.1) is 16.9 Å². The lowest BCUT2D eigenvalue weighted by Gasteiger charge is -2.57. The summed E-state index contributed by atoms with van der Waals surface area (Å²) in [5.74, 6) is 0.449. The minimum atomic E-state index is -1.85. The summed E-state index contributed by atoms with van der Waals surface area (Å²) in [5.41, 5.74) is -2.06. The van der Waals surface area contributed by atoms with Crippen molar-refractivity contribution in [1.29, 1.82) is 0 Å². The third kappa shape index (κ3) is 1.38. The molecule has 6 heteroatoms. The number of rotatable bonds is 0. The number of nitrogens with zero attached hydrogens (tertiary/aromatic N) is 1. The van der Waals surface area contributed by atoms with Gasteiger partial charge in [0.1, 0.15) is 6.61 Å². The second-order valence-corrected chi connectivity index (χ2v) is 7.75. The number of aliphatic hydroxyl groups is 1. The summed E-state index contributed by atoms with van der Waals surface area (Å²) < 4.78 is 11.5. The summed E-state index contributed by atoms with van der Waals surface area (Å²) in [6.45, 7) is 5.20. The minimum Gasteiger partial charge on any atom is -0.493 e. The van der Waals surface area contributed by atoms with Gasteiger partial charge in [0.15, 0.2) is 5.78 Å². The topological polar surface area (TPSA) is 76.1 Å². The van der Waals surface area contributed by atoms with Gasteiger partial charge in [-0.15, -0.1) is 0 Å². The van der Waals surface area contributed by atoms with Crippen LogP contribution >= 0.6 is 0 Å². The molecule has 0 bridgehead atoms. The maximum atomic E-state index is 13.4. The second-order valence-electron chi connectivity index (χ2n) is 7.75. The third-order valence-corrected chi connectivity index (χ3v) is 6.41. The van der Waals surface area contributed by atoms with E-state index in [4.69, 9.17) is 9.47 Å². The van der Waals surface area contributed by atoms with Crippen LogP contribution in [0.1, 0.15) is 26.3 Å². The molecule has 0 radical (unpaired) electrons. The molecule has 1 saturated heterocycles. The van der Waals surface area contributed by atoms with Crippen molar-refractivity contribution in [2.75, 3.05) is 11.5 Å². The summed E-state index contributed by atoms with van der Waals surface area (Å²) in [5, 5.41) is 12.0. The number of fused-ring (bicyclic) bond motifs is 2. The Balaban J connectivity index is 1.90. The zero-order chi connectivity index (χ0) is 18.5. The molecule has 0 aromatic heterocycles. The Morgan fingerprint density at radius 1 is 1.19 bits per heavy atom. The highest BCUT2D eigenvalue weighted by atomic mass is 16.6. The molecular weight excluding hydrogens is 334 g/mol. The molecule has 1 aromatic rings. The summed E-state index contributed by atoms with van der Waals surface area (Å²) >= 11 is 0. The Hall–Kier alpha value is -2.60. The molecule has 0 unspecified atom stereocenters. The Morgan fingerprint density at radius 3 is 2.69 bits per heavy atom. The van der Waals surface area contributed by atoms with Gasteiger partial charge < -0.3 is 14.6 Å². The normalized spacial score (nSPS) is 37.4. The van der Waals surface area contributed by atoms with Crippen LogP contribution in [0.5, 0.6) is 0 Å². The third-order valence-electron chi connectivity index (χ3n) is 6.41. The average Bonchev–Trinajstić information content (AvgIpc) is 2.84. The summed E-state index contributed by atoms with van der Waals surface area (Å²) in [6.07, 6.45) is 1.36. The van der Waals surface area contributed by atoms with Crippen LogP contribution in [0.2, 0.25) is 0 Å². The van der Waals surface area contributed by atoms with E-state index >= 15 is 0 Å². The van der Waals surface area contributed by atoms with Crippen LogP contribution in [-0.4, -0.2) is 34.9 Å². The van der Waals surface area contributed by atoms with Gasteiger partial charge in [0.2, 0.25) is 11.3 Å². The Morgan fingerprint density at radius 2 is 1.92 bits per heavy atom. The molecule has 0 saturated carbocycles. The van der Waals surface area contributed by atoms with Gasteiger partial charge in [0.25, 0.3) is 0 Å². The predicted octanol–water partition coefficient (Wildman–Crippen LogP) is 2.47. The van der Waals surface area contributed by atoms with Crippen molar-refractivity contribution in [3.8, 4) is 0 Å². The fourth-order valence-corrected chi connectivity index (χ4v) is 5.14. The van der Waals surface area contributed by atoms with Crippen molar-refractivity contribution in [2.45, 2.75) is 38.5 Å². The van der Waals surface area contributed by atoms with E-state index in [2.05, 4.69) is 0 Å². The molecule has 3 heterocycles. The number of carbonyl (C=O) groups excluding carboxylic acids is 2. The van der Waals surface area contributed by atoms with Crippen molar-refractivity contribution in [2.24, 2.45) is 5.41 Å². The van der Waals surface area contributed by atoms with Crippen LogP contribution in [0, 0.1) is 5.41 Å². The number of amides is 1. The first-order valence-corrected chi connectivity index (χ1v) is 8.67. The van der Waals surface area contributed by atoms with E-state index in [-0.39, 0.29) is 12.4 Å². The summed E-state index contributed by atoms with van der Waals surface area (Å²) in [6, 6.07) is 7.31. The molecule has 5 rings (SSSR count). The smallest absolute Gasteiger partial charge is 0.418 e. The molecule has 3 aliphatic heterocycles. The van der Waals surface area contributed by atoms with Gasteiger partial charge in [-0.3, -0.25) is 4.79 Å². The molecule has 6 nitrogen and oxygen atoms in total. The predicted molar refractivity (Wildman–Crippen MR) is 92.3 cm³/mol. The molecule has 1 amide bonds. The fourth-order valence-electron chi connectivity index (χ4n) is 5.14. The first-order chi connectivity index (χ1) is 12.3. The SMILES string of the molecule is CC1=CC2=C(C)C(=O)[C@@]3(C)Cc4ccccc4N4C(=O)O[C@]2(CO1)[C@]43O. The molecule has 1 aliphatic carbocycles. The zero-order valence-corrected chi connectivity index (χ0v) is 14.8. The number of hydrogen-bond donors (Lipinski definition) is 1. The maximum absolute atomic E-state index is 13.4. The van der Waals surface area contributed by atoms with E-state index in [1.165, 1.54) is 4.90 Å². The van der Waals surface area contributed by atoms with E-state index in [1.807, 2.05) is 12.1 Å². The standard InChI is InChI=1S/C20H19NO5/c1-11-8-14-12(2)16(22)18(3)9-13-6-4-5-7-15(13)21-17(23)26-19(14,10-25-11)20(18,21)24/h4-8,24H,9-10H2,1-3H3/t18-,19+,20+/m1/s1. The van der Waals surface area contributed by atoms with Crippen molar-refractivity contribution >= 4 is 17.6 Å². The molecule has 26 heavy (non-hydrogen) atoms. The number of Topliss-reactive ketones (excluding diaryl/α,β-unsaturated/α-hetero) is 1. The number of ether oxygens (including phenoxy) is 2. The number of carbonyl (C=O) groups is 2. The van der Waals surface area contributed by atoms with Crippen LogP contribution in [0.15, 0.2) is 47.2 Å². The van der Waals surface area contributed by atoms with Gasteiger partial charge in [0, 0.05) is 11.1 Å². The van der Waals surface area contributed by atoms with Crippen LogP contribution < -0.4 is 4.90 Å². The quantitative estimate of drug-likeness (QED) is 0.775. The molecule has 4 aliphatic rings. The number of anilines is 1. The van der Waals surface area contributed by atoms with Gasteiger partial charge in [-0.1, -0.05) is 18.2 Å². The average molecular weight is 353 g/mol. The van der Waals surface area contributed by atoms with Gasteiger partial charge >= 0.3 is 6.09 Å². The van der Waals surface area contributed by atoms with E-state index < -0.39 is 22.8 Å². The molecule has 3 atom stereocenters. The van der Waals surface area contributed by atoms with E-state index in [0.29, 0.717) is 29.0 Å². The maximum Gasteiger partial charge on any atom is 0.418 e. The lowest BCUT2D eigenvalue weighted by atomic mass is 9.55. The van der Waals surface area contributed by atoms with Gasteiger partial charge in [-0.2, -0.15) is 0 Å². The zero-order valence-electron chi connectivity index (χ0n) is 14.8. The Labute approximate surface area is 150 Å². The molecule has 134 valence electrons. The number of benzene rings is 1. The van der Waals surface area contributed by atoms with E-state index in [1.54, 1.807) is 39.0 Å². The highest BCUT2D eigenvalue weighted by Gasteiger charge is 2.80. The second kappa shape index (κ2) is 4.38. The number of allylic oxidation sites excluding steroid dienone is 2. The number of para-hydroxylation sites is 1. The van der Waals surface area contributed by atoms with Crippen LogP contribution in [0.25, 0.3) is 0 Å². The highest BCUT2D eigenvalue weighted by Crippen LogP contribution is 2.63. The first kappa shape index (κ1) is 15.6. The molecular formula is C20H19NO5. The molecule has 1 N–H and O–H groups in total. The molecule has 1 spiro atoms. The van der Waals surface area contributed by atoms with E-state index in [9.17, 15) is 14.7 Å². The van der Waals surface area contributed by atoms with Crippen molar-refractivity contribution in [3.05, 3.63) is 52.8 Å². The lowest BCUT2D eigenvalue weighted by Crippen LogP contribution is -2.76. The van der Waals surface area contributed by atoms with Crippen LogP contribution in [-0.2, 0) is 20.7 Å². The first-order valence-electron chi connectivity index (χ1n) is 8.67. The lowest BCUT2D eigenvalue weighted by molar-refractivity contribution is -0.189. The Kier molecular flexibility index (Phi) is 2.63. The summed E-state index contributed by atoms with van der Waals surface area (Å²) in [4.78, 5) is 27.6. The van der Waals surface area contributed by atoms with Crippen molar-refractivity contribution in [1.82, 2.24) is 0 Å². The largest absolute Gasteiger partial charge is 0.493 e. The monoisotopic (exact) mass is 353 g/mol. The van der Waals surface area contributed by atoms with Crippen LogP contribution in [0.3, 0.4) is 0 Å². The number of ketones is 1. The van der Waals surface area contributed by atoms with Gasteiger partial charge in [-0.25, -0.2) is 9.69 Å².